The summed E-state index contributed by atoms with van der Waals surface area (Å²) in [5, 5.41) is 10.2. The summed E-state index contributed by atoms with van der Waals surface area (Å²) in [6, 6.07) is 3.36. The summed E-state index contributed by atoms with van der Waals surface area (Å²) in [4.78, 5) is 25.6. The molecule has 1 unspecified atom stereocenters. The fraction of sp³-hybridized carbons (Fsp3) is 0.571. The molecule has 2 rings (SSSR count). The summed E-state index contributed by atoms with van der Waals surface area (Å²) in [6.07, 6.45) is 3.01. The van der Waals surface area contributed by atoms with Crippen LogP contribution >= 0.6 is 11.8 Å². The van der Waals surface area contributed by atoms with Gasteiger partial charge in [-0.25, -0.2) is 0 Å². The minimum Gasteiger partial charge on any atom is -0.481 e. The SMILES string of the molecule is COCC1(C(=O)O)CCCN(C(=O)c2ccc(SC)o2)C1. The molecule has 1 atom stereocenters. The Morgan fingerprint density at radius 2 is 2.29 bits per heavy atom. The van der Waals surface area contributed by atoms with Crippen molar-refractivity contribution in [3.63, 3.8) is 0 Å². The van der Waals surface area contributed by atoms with Gasteiger partial charge >= 0.3 is 5.97 Å². The van der Waals surface area contributed by atoms with E-state index in [-0.39, 0.29) is 24.8 Å². The van der Waals surface area contributed by atoms with Crippen molar-refractivity contribution in [1.82, 2.24) is 4.90 Å². The van der Waals surface area contributed by atoms with Gasteiger partial charge in [0.05, 0.1) is 6.61 Å². The molecule has 21 heavy (non-hydrogen) atoms. The summed E-state index contributed by atoms with van der Waals surface area (Å²) in [7, 11) is 1.47. The zero-order valence-corrected chi connectivity index (χ0v) is 12.9. The molecule has 0 radical (unpaired) electrons. The van der Waals surface area contributed by atoms with Gasteiger partial charge < -0.3 is 19.2 Å². The van der Waals surface area contributed by atoms with E-state index in [0.29, 0.717) is 24.5 Å². The molecule has 1 amide bonds. The van der Waals surface area contributed by atoms with Crippen LogP contribution < -0.4 is 0 Å². The molecule has 7 heteroatoms. The number of carboxylic acids is 1. The molecule has 6 nitrogen and oxygen atoms in total. The molecule has 0 bridgehead atoms. The molecule has 0 aliphatic carbocycles. The number of rotatable bonds is 5. The molecule has 1 aliphatic heterocycles. The maximum absolute atomic E-state index is 12.4. The molecule has 0 saturated carbocycles. The number of nitrogens with zero attached hydrogens (tertiary/aromatic N) is 1. The lowest BCUT2D eigenvalue weighted by atomic mass is 9.80. The van der Waals surface area contributed by atoms with Gasteiger partial charge in [-0.15, -0.1) is 0 Å². The van der Waals surface area contributed by atoms with E-state index in [4.69, 9.17) is 9.15 Å². The highest BCUT2D eigenvalue weighted by Gasteiger charge is 2.44. The van der Waals surface area contributed by atoms with Crippen molar-refractivity contribution >= 4 is 23.6 Å². The maximum Gasteiger partial charge on any atom is 0.313 e. The molecule has 1 aromatic heterocycles. The zero-order valence-electron chi connectivity index (χ0n) is 12.1. The standard InChI is InChI=1S/C14H19NO5S/c1-19-9-14(13(17)18)6-3-7-15(8-14)12(16)10-4-5-11(20-10)21-2/h4-5H,3,6-9H2,1-2H3,(H,17,18). The fourth-order valence-electron chi connectivity index (χ4n) is 2.64. The molecule has 1 aliphatic rings. The first-order valence-corrected chi connectivity index (χ1v) is 7.90. The normalized spacial score (nSPS) is 22.3. The lowest BCUT2D eigenvalue weighted by molar-refractivity contribution is -0.155. The Balaban J connectivity index is 2.16. The van der Waals surface area contributed by atoms with Crippen LogP contribution in [0.1, 0.15) is 23.4 Å². The predicted octanol–water partition coefficient (Wildman–Crippen LogP) is 1.95. The summed E-state index contributed by atoms with van der Waals surface area (Å²) < 4.78 is 10.5. The second-order valence-electron chi connectivity index (χ2n) is 5.17. The molecular weight excluding hydrogens is 294 g/mol. The van der Waals surface area contributed by atoms with Gasteiger partial charge in [-0.1, -0.05) is 11.8 Å². The van der Waals surface area contributed by atoms with Crippen molar-refractivity contribution < 1.29 is 23.8 Å². The van der Waals surface area contributed by atoms with Crippen molar-refractivity contribution in [2.75, 3.05) is 33.1 Å². The number of likely N-dealkylation sites (tertiary alicyclic amines) is 1. The summed E-state index contributed by atoms with van der Waals surface area (Å²) in [6.45, 7) is 0.775. The Bertz CT molecular complexity index is 525. The lowest BCUT2D eigenvalue weighted by Crippen LogP contribution is -2.52. The third-order valence-corrected chi connectivity index (χ3v) is 4.35. The summed E-state index contributed by atoms with van der Waals surface area (Å²) in [5.41, 5.74) is -1.03. The molecule has 1 aromatic rings. The first-order valence-electron chi connectivity index (χ1n) is 6.68. The van der Waals surface area contributed by atoms with Crippen molar-refractivity contribution in [3.8, 4) is 0 Å². The Morgan fingerprint density at radius 3 is 2.86 bits per heavy atom. The number of carbonyl (C=O) groups excluding carboxylic acids is 1. The third-order valence-electron chi connectivity index (χ3n) is 3.73. The van der Waals surface area contributed by atoms with E-state index >= 15 is 0 Å². The number of hydrogen-bond acceptors (Lipinski definition) is 5. The number of carbonyl (C=O) groups is 2. The van der Waals surface area contributed by atoms with Gasteiger partial charge in [-0.05, 0) is 31.2 Å². The van der Waals surface area contributed by atoms with E-state index in [2.05, 4.69) is 0 Å². The molecule has 0 aromatic carbocycles. The minimum absolute atomic E-state index is 0.0975. The largest absolute Gasteiger partial charge is 0.481 e. The van der Waals surface area contributed by atoms with Crippen molar-refractivity contribution in [1.29, 1.82) is 0 Å². The highest BCUT2D eigenvalue weighted by atomic mass is 32.2. The quantitative estimate of drug-likeness (QED) is 0.837. The van der Waals surface area contributed by atoms with Crippen LogP contribution in [-0.4, -0.2) is 54.9 Å². The second kappa shape index (κ2) is 6.53. The number of amides is 1. The van der Waals surface area contributed by atoms with E-state index < -0.39 is 11.4 Å². The van der Waals surface area contributed by atoms with Crippen molar-refractivity contribution in [2.45, 2.75) is 17.9 Å². The number of methoxy groups -OCH3 is 1. The van der Waals surface area contributed by atoms with E-state index in [0.717, 1.165) is 0 Å². The third kappa shape index (κ3) is 3.24. The number of carboxylic acid groups (broad SMARTS) is 1. The number of aliphatic carboxylic acids is 1. The van der Waals surface area contributed by atoms with Crippen LogP contribution in [0.4, 0.5) is 0 Å². The van der Waals surface area contributed by atoms with Crippen LogP contribution in [0.5, 0.6) is 0 Å². The first kappa shape index (κ1) is 15.9. The molecular formula is C14H19NO5S. The molecule has 1 saturated heterocycles. The highest BCUT2D eigenvalue weighted by Crippen LogP contribution is 2.32. The van der Waals surface area contributed by atoms with Gasteiger partial charge in [0.2, 0.25) is 0 Å². The van der Waals surface area contributed by atoms with Gasteiger partial charge in [-0.3, -0.25) is 9.59 Å². The number of hydrogen-bond donors (Lipinski definition) is 1. The van der Waals surface area contributed by atoms with E-state index in [9.17, 15) is 14.7 Å². The van der Waals surface area contributed by atoms with Crippen LogP contribution in [0.2, 0.25) is 0 Å². The topological polar surface area (TPSA) is 80.0 Å². The number of ether oxygens (including phenoxy) is 1. The van der Waals surface area contributed by atoms with Gasteiger partial charge in [-0.2, -0.15) is 0 Å². The van der Waals surface area contributed by atoms with Gasteiger partial charge in [0.25, 0.3) is 5.91 Å². The van der Waals surface area contributed by atoms with E-state index in [1.54, 1.807) is 17.0 Å². The average Bonchev–Trinajstić information content (AvgIpc) is 2.96. The smallest absolute Gasteiger partial charge is 0.313 e. The van der Waals surface area contributed by atoms with Gasteiger partial charge in [0, 0.05) is 20.2 Å². The Hall–Kier alpha value is -1.47. The van der Waals surface area contributed by atoms with Gasteiger partial charge in [0.15, 0.2) is 10.9 Å². The molecule has 116 valence electrons. The minimum atomic E-state index is -1.03. The maximum atomic E-state index is 12.4. The van der Waals surface area contributed by atoms with Crippen molar-refractivity contribution in [3.05, 3.63) is 17.9 Å². The van der Waals surface area contributed by atoms with Crippen LogP contribution in [0.25, 0.3) is 0 Å². The average molecular weight is 313 g/mol. The summed E-state index contributed by atoms with van der Waals surface area (Å²) in [5.74, 6) is -0.944. The first-order chi connectivity index (χ1) is 10.0. The monoisotopic (exact) mass is 313 g/mol. The highest BCUT2D eigenvalue weighted by molar-refractivity contribution is 7.98. The van der Waals surface area contributed by atoms with Crippen molar-refractivity contribution in [2.24, 2.45) is 5.41 Å². The van der Waals surface area contributed by atoms with E-state index in [1.807, 2.05) is 6.26 Å². The molecule has 1 fully saturated rings. The van der Waals surface area contributed by atoms with Crippen LogP contribution in [0.3, 0.4) is 0 Å². The Kier molecular flexibility index (Phi) is 4.95. The summed E-state index contributed by atoms with van der Waals surface area (Å²) >= 11 is 1.41. The van der Waals surface area contributed by atoms with Crippen LogP contribution in [0.15, 0.2) is 21.6 Å². The lowest BCUT2D eigenvalue weighted by Gasteiger charge is -2.39. The fourth-order valence-corrected chi connectivity index (χ4v) is 3.01. The molecule has 2 heterocycles. The molecule has 1 N–H and O–H groups in total. The van der Waals surface area contributed by atoms with Gasteiger partial charge in [0.1, 0.15) is 5.41 Å². The Labute approximate surface area is 127 Å². The molecule has 0 spiro atoms. The zero-order chi connectivity index (χ0) is 15.5. The number of piperidine rings is 1. The Morgan fingerprint density at radius 1 is 1.52 bits per heavy atom. The number of thioether (sulfide) groups is 1. The van der Waals surface area contributed by atoms with E-state index in [1.165, 1.54) is 18.9 Å². The van der Waals surface area contributed by atoms with Crippen LogP contribution in [0, 0.1) is 5.41 Å². The second-order valence-corrected chi connectivity index (χ2v) is 5.98. The van der Waals surface area contributed by atoms with Crippen LogP contribution in [-0.2, 0) is 9.53 Å². The predicted molar refractivity (Wildman–Crippen MR) is 77.6 cm³/mol. The number of furan rings is 1.